The number of halogens is 1. The number of hydrogen-bond donors (Lipinski definition) is 5. The van der Waals surface area contributed by atoms with Crippen molar-refractivity contribution in [3.05, 3.63) is 82.5 Å². The van der Waals surface area contributed by atoms with Crippen molar-refractivity contribution in [3.63, 3.8) is 0 Å². The van der Waals surface area contributed by atoms with Crippen LogP contribution in [0, 0.1) is 0 Å². The summed E-state index contributed by atoms with van der Waals surface area (Å²) in [6.45, 7) is -0.485. The number of hydrogen-bond acceptors (Lipinski definition) is 8. The topological polar surface area (TPSA) is 128 Å². The lowest BCUT2D eigenvalue weighted by Crippen LogP contribution is -2.55. The molecule has 0 aliphatic carbocycles. The summed E-state index contributed by atoms with van der Waals surface area (Å²) in [5.41, 5.74) is 2.90. The fourth-order valence-electron chi connectivity index (χ4n) is 3.67. The Morgan fingerprint density at radius 1 is 0.906 bits per heavy atom. The second kappa shape index (κ2) is 9.91. The Kier molecular flexibility index (Phi) is 7.00. The summed E-state index contributed by atoms with van der Waals surface area (Å²) in [6.07, 6.45) is -5.72. The van der Waals surface area contributed by atoms with Crippen LogP contribution in [0.1, 0.15) is 22.9 Å². The van der Waals surface area contributed by atoms with E-state index in [9.17, 15) is 20.4 Å². The summed E-state index contributed by atoms with van der Waals surface area (Å²) in [4.78, 5) is 0. The van der Waals surface area contributed by atoms with Gasteiger partial charge < -0.3 is 30.5 Å². The molecule has 0 amide bonds. The summed E-state index contributed by atoms with van der Waals surface area (Å²) >= 11 is 6.37. The Labute approximate surface area is 190 Å². The van der Waals surface area contributed by atoms with Crippen LogP contribution in [0.5, 0.6) is 0 Å². The normalized spacial score (nSPS) is 25.5. The van der Waals surface area contributed by atoms with Crippen molar-refractivity contribution >= 4 is 23.1 Å². The molecule has 0 saturated carbocycles. The van der Waals surface area contributed by atoms with Crippen LogP contribution in [0.15, 0.2) is 60.7 Å². The Balaban J connectivity index is 1.50. The smallest absolute Gasteiger partial charge is 0.153 e. The summed E-state index contributed by atoms with van der Waals surface area (Å²) in [5.74, 6) is 0.612. The SMILES string of the molecule is OC[C@H]1O[C@@H](c2ccc(Cl)c(Cc3ccc(Nc4ccccc4)nn3)c2)[C@H](O)[C@@H](O)[C@@H]1O. The van der Waals surface area contributed by atoms with Crippen LogP contribution in [0.2, 0.25) is 5.02 Å². The van der Waals surface area contributed by atoms with Gasteiger partial charge in [-0.1, -0.05) is 41.9 Å². The van der Waals surface area contributed by atoms with Gasteiger partial charge in [-0.2, -0.15) is 5.10 Å². The molecule has 2 aromatic carbocycles. The van der Waals surface area contributed by atoms with Crippen molar-refractivity contribution in [2.45, 2.75) is 36.9 Å². The number of anilines is 2. The van der Waals surface area contributed by atoms with E-state index >= 15 is 0 Å². The number of nitrogens with one attached hydrogen (secondary N) is 1. The molecule has 8 nitrogen and oxygen atoms in total. The number of ether oxygens (including phenoxy) is 1. The Morgan fingerprint density at radius 2 is 1.69 bits per heavy atom. The maximum atomic E-state index is 10.4. The second-order valence-electron chi connectivity index (χ2n) is 7.68. The molecule has 0 spiro atoms. The van der Waals surface area contributed by atoms with Crippen LogP contribution in [0.4, 0.5) is 11.5 Å². The molecule has 3 aromatic rings. The summed E-state index contributed by atoms with van der Waals surface area (Å²) in [6, 6.07) is 18.4. The first kappa shape index (κ1) is 22.6. The molecule has 168 valence electrons. The summed E-state index contributed by atoms with van der Waals surface area (Å²) in [5, 5.41) is 52.0. The number of aromatic nitrogens is 2. The number of benzene rings is 2. The van der Waals surface area contributed by atoms with Gasteiger partial charge in [0.2, 0.25) is 0 Å². The molecule has 1 aromatic heterocycles. The van der Waals surface area contributed by atoms with Crippen molar-refractivity contribution in [1.29, 1.82) is 0 Å². The zero-order valence-electron chi connectivity index (χ0n) is 17.0. The van der Waals surface area contributed by atoms with Gasteiger partial charge in [0.1, 0.15) is 30.5 Å². The van der Waals surface area contributed by atoms with E-state index in [4.69, 9.17) is 16.3 Å². The third kappa shape index (κ3) is 4.91. The van der Waals surface area contributed by atoms with Gasteiger partial charge in [-0.15, -0.1) is 5.10 Å². The highest BCUT2D eigenvalue weighted by Gasteiger charge is 2.44. The maximum Gasteiger partial charge on any atom is 0.153 e. The highest BCUT2D eigenvalue weighted by molar-refractivity contribution is 6.31. The van der Waals surface area contributed by atoms with Gasteiger partial charge in [-0.05, 0) is 41.5 Å². The molecule has 9 heteroatoms. The molecule has 0 unspecified atom stereocenters. The minimum Gasteiger partial charge on any atom is -0.394 e. The predicted molar refractivity (Wildman–Crippen MR) is 119 cm³/mol. The third-order valence-electron chi connectivity index (χ3n) is 5.43. The third-order valence-corrected chi connectivity index (χ3v) is 5.80. The van der Waals surface area contributed by atoms with Crippen LogP contribution in [-0.4, -0.2) is 61.6 Å². The number of aliphatic hydroxyl groups is 4. The zero-order chi connectivity index (χ0) is 22.7. The first-order valence-corrected chi connectivity index (χ1v) is 10.6. The van der Waals surface area contributed by atoms with Crippen molar-refractivity contribution < 1.29 is 25.2 Å². The fourth-order valence-corrected chi connectivity index (χ4v) is 3.85. The standard InChI is InChI=1S/C23H24ClN3O5/c24-17-8-6-13(23-22(31)21(30)20(29)18(12-28)32-23)10-14(17)11-16-7-9-19(27-26-16)25-15-4-2-1-3-5-15/h1-10,18,20-23,28-31H,11-12H2,(H,25,27)/t18-,20-,21+,22-,23+/m1/s1. The highest BCUT2D eigenvalue weighted by Crippen LogP contribution is 2.34. The fraction of sp³-hybridized carbons (Fsp3) is 0.304. The number of para-hydroxylation sites is 1. The van der Waals surface area contributed by atoms with Crippen molar-refractivity contribution in [2.75, 3.05) is 11.9 Å². The van der Waals surface area contributed by atoms with Gasteiger partial charge in [0, 0.05) is 17.1 Å². The van der Waals surface area contributed by atoms with Gasteiger partial charge in [-0.3, -0.25) is 0 Å². The largest absolute Gasteiger partial charge is 0.394 e. The van der Waals surface area contributed by atoms with Gasteiger partial charge >= 0.3 is 0 Å². The minimum atomic E-state index is -1.44. The Bertz CT molecular complexity index is 1040. The summed E-state index contributed by atoms with van der Waals surface area (Å²) in [7, 11) is 0. The molecule has 1 aliphatic heterocycles. The minimum absolute atomic E-state index is 0.392. The van der Waals surface area contributed by atoms with E-state index in [-0.39, 0.29) is 0 Å². The second-order valence-corrected chi connectivity index (χ2v) is 8.09. The molecule has 0 radical (unpaired) electrons. The molecule has 32 heavy (non-hydrogen) atoms. The Hall–Kier alpha value is -2.59. The number of aliphatic hydroxyl groups excluding tert-OH is 4. The lowest BCUT2D eigenvalue weighted by atomic mass is 9.90. The van der Waals surface area contributed by atoms with Crippen LogP contribution in [0.25, 0.3) is 0 Å². The van der Waals surface area contributed by atoms with E-state index in [1.165, 1.54) is 0 Å². The van der Waals surface area contributed by atoms with E-state index < -0.39 is 37.1 Å². The maximum absolute atomic E-state index is 10.4. The average molecular weight is 458 g/mol. The molecule has 2 heterocycles. The average Bonchev–Trinajstić information content (AvgIpc) is 2.81. The predicted octanol–water partition coefficient (Wildman–Crippen LogP) is 1.98. The molecule has 1 aliphatic rings. The molecule has 1 fully saturated rings. The van der Waals surface area contributed by atoms with Crippen LogP contribution < -0.4 is 5.32 Å². The van der Waals surface area contributed by atoms with Gasteiger partial charge in [0.05, 0.1) is 12.3 Å². The van der Waals surface area contributed by atoms with E-state index in [2.05, 4.69) is 15.5 Å². The molecular weight excluding hydrogens is 434 g/mol. The van der Waals surface area contributed by atoms with E-state index in [1.54, 1.807) is 18.2 Å². The van der Waals surface area contributed by atoms with E-state index in [1.807, 2.05) is 42.5 Å². The van der Waals surface area contributed by atoms with Crippen molar-refractivity contribution in [3.8, 4) is 0 Å². The Morgan fingerprint density at radius 3 is 2.38 bits per heavy atom. The first-order valence-electron chi connectivity index (χ1n) is 10.2. The number of nitrogens with zero attached hydrogens (tertiary/aromatic N) is 2. The zero-order valence-corrected chi connectivity index (χ0v) is 17.8. The van der Waals surface area contributed by atoms with Crippen LogP contribution in [-0.2, 0) is 11.2 Å². The molecule has 5 atom stereocenters. The molecule has 4 rings (SSSR count). The highest BCUT2D eigenvalue weighted by atomic mass is 35.5. The summed E-state index contributed by atoms with van der Waals surface area (Å²) < 4.78 is 5.64. The quantitative estimate of drug-likeness (QED) is 0.380. The van der Waals surface area contributed by atoms with Crippen LogP contribution in [0.3, 0.4) is 0 Å². The lowest BCUT2D eigenvalue weighted by molar-refractivity contribution is -0.231. The van der Waals surface area contributed by atoms with Crippen molar-refractivity contribution in [2.24, 2.45) is 0 Å². The van der Waals surface area contributed by atoms with Gasteiger partial charge in [0.15, 0.2) is 5.82 Å². The molecule has 5 N–H and O–H groups in total. The van der Waals surface area contributed by atoms with Crippen molar-refractivity contribution in [1.82, 2.24) is 10.2 Å². The monoisotopic (exact) mass is 457 g/mol. The van der Waals surface area contributed by atoms with Crippen LogP contribution >= 0.6 is 11.6 Å². The molecular formula is C23H24ClN3O5. The molecule has 0 bridgehead atoms. The molecule has 1 saturated heterocycles. The number of rotatable bonds is 6. The van der Waals surface area contributed by atoms with E-state index in [0.717, 1.165) is 11.3 Å². The first-order chi connectivity index (χ1) is 15.5. The van der Waals surface area contributed by atoms with Gasteiger partial charge in [-0.25, -0.2) is 0 Å². The van der Waals surface area contributed by atoms with Gasteiger partial charge in [0.25, 0.3) is 0 Å². The lowest BCUT2D eigenvalue weighted by Gasteiger charge is -2.40. The van der Waals surface area contributed by atoms with E-state index in [0.29, 0.717) is 28.5 Å².